The maximum atomic E-state index is 12.9. The van der Waals surface area contributed by atoms with E-state index in [1.54, 1.807) is 31.3 Å². The summed E-state index contributed by atoms with van der Waals surface area (Å²) in [5.41, 5.74) is 0. The normalized spacial score (nSPS) is 18.4. The van der Waals surface area contributed by atoms with Crippen molar-refractivity contribution in [3.63, 3.8) is 0 Å². The number of hydrogen-bond acceptors (Lipinski definition) is 5. The summed E-state index contributed by atoms with van der Waals surface area (Å²) in [6.45, 7) is 1.97. The number of rotatable bonds is 6. The molecular weight excluding hydrogens is 428 g/mol. The van der Waals surface area contributed by atoms with Crippen molar-refractivity contribution in [2.24, 2.45) is 5.92 Å². The molecule has 2 atom stereocenters. The number of benzene rings is 1. The Morgan fingerprint density at radius 1 is 1.20 bits per heavy atom. The average Bonchev–Trinajstić information content (AvgIpc) is 2.74. The fourth-order valence-corrected chi connectivity index (χ4v) is 4.85. The van der Waals surface area contributed by atoms with E-state index in [4.69, 9.17) is 11.6 Å². The lowest BCUT2D eigenvalue weighted by Crippen LogP contribution is -2.49. The number of aromatic nitrogens is 1. The van der Waals surface area contributed by atoms with Crippen LogP contribution in [0.1, 0.15) is 19.8 Å². The number of amides is 2. The average molecular weight is 451 g/mol. The zero-order valence-corrected chi connectivity index (χ0v) is 18.0. The van der Waals surface area contributed by atoms with Crippen molar-refractivity contribution < 1.29 is 18.0 Å². The van der Waals surface area contributed by atoms with Gasteiger partial charge in [-0.25, -0.2) is 13.4 Å². The van der Waals surface area contributed by atoms with Crippen molar-refractivity contribution in [2.45, 2.75) is 30.7 Å². The molecule has 1 aromatic carbocycles. The van der Waals surface area contributed by atoms with Gasteiger partial charge < -0.3 is 10.6 Å². The molecule has 8 nitrogen and oxygen atoms in total. The first-order valence-corrected chi connectivity index (χ1v) is 11.4. The third kappa shape index (κ3) is 5.35. The van der Waals surface area contributed by atoms with Crippen molar-refractivity contribution >= 4 is 39.3 Å². The van der Waals surface area contributed by atoms with Gasteiger partial charge in [-0.3, -0.25) is 9.59 Å². The number of piperidine rings is 1. The van der Waals surface area contributed by atoms with Gasteiger partial charge in [0.05, 0.1) is 10.8 Å². The van der Waals surface area contributed by atoms with Gasteiger partial charge in [-0.15, -0.1) is 0 Å². The molecular formula is C20H23ClN4O4S. The standard InChI is InChI=1S/C20H23ClN4O4S/c1-14(19(26)24-18-6-2-3-11-22-18)23-20(27)15-5-4-12-25(13-15)30(28,29)17-9-7-16(21)8-10-17/h2-3,6-11,14-15H,4-5,12-13H2,1H3,(H,23,27)(H,22,24,26). The molecule has 2 unspecified atom stereocenters. The molecule has 0 spiro atoms. The van der Waals surface area contributed by atoms with Gasteiger partial charge in [-0.1, -0.05) is 17.7 Å². The van der Waals surface area contributed by atoms with Crippen molar-refractivity contribution in [3.8, 4) is 0 Å². The minimum absolute atomic E-state index is 0.0609. The molecule has 1 saturated heterocycles. The van der Waals surface area contributed by atoms with E-state index < -0.39 is 27.9 Å². The highest BCUT2D eigenvalue weighted by Gasteiger charge is 2.34. The molecule has 0 bridgehead atoms. The molecule has 2 amide bonds. The molecule has 160 valence electrons. The Kier molecular flexibility index (Phi) is 7.06. The van der Waals surface area contributed by atoms with Crippen LogP contribution in [0.25, 0.3) is 0 Å². The highest BCUT2D eigenvalue weighted by Crippen LogP contribution is 2.25. The number of sulfonamides is 1. The van der Waals surface area contributed by atoms with Gasteiger partial charge in [-0.2, -0.15) is 4.31 Å². The summed E-state index contributed by atoms with van der Waals surface area (Å²) in [5.74, 6) is -0.898. The molecule has 0 radical (unpaired) electrons. The first-order chi connectivity index (χ1) is 14.3. The second kappa shape index (κ2) is 9.55. The molecule has 2 aromatic rings. The maximum absolute atomic E-state index is 12.9. The summed E-state index contributed by atoms with van der Waals surface area (Å²) in [5, 5.41) is 5.75. The van der Waals surface area contributed by atoms with Crippen LogP contribution < -0.4 is 10.6 Å². The number of nitrogens with zero attached hydrogens (tertiary/aromatic N) is 2. The van der Waals surface area contributed by atoms with Crippen LogP contribution in [0.2, 0.25) is 5.02 Å². The first kappa shape index (κ1) is 22.2. The topological polar surface area (TPSA) is 108 Å². The van der Waals surface area contributed by atoms with Crippen molar-refractivity contribution in [1.29, 1.82) is 0 Å². The van der Waals surface area contributed by atoms with Crippen LogP contribution in [0.5, 0.6) is 0 Å². The molecule has 1 fully saturated rings. The van der Waals surface area contributed by atoms with Crippen LogP contribution >= 0.6 is 11.6 Å². The summed E-state index contributed by atoms with van der Waals surface area (Å²) >= 11 is 5.84. The summed E-state index contributed by atoms with van der Waals surface area (Å²) in [7, 11) is -3.72. The summed E-state index contributed by atoms with van der Waals surface area (Å²) in [6.07, 6.45) is 2.66. The minimum Gasteiger partial charge on any atom is -0.344 e. The Hall–Kier alpha value is -2.49. The van der Waals surface area contributed by atoms with Crippen molar-refractivity contribution in [1.82, 2.24) is 14.6 Å². The number of hydrogen-bond donors (Lipinski definition) is 2. The van der Waals surface area contributed by atoms with Crippen molar-refractivity contribution in [2.75, 3.05) is 18.4 Å². The van der Waals surface area contributed by atoms with Crippen LogP contribution in [0.3, 0.4) is 0 Å². The highest BCUT2D eigenvalue weighted by molar-refractivity contribution is 7.89. The number of carbonyl (C=O) groups is 2. The predicted molar refractivity (Wildman–Crippen MR) is 113 cm³/mol. The lowest BCUT2D eigenvalue weighted by molar-refractivity contribution is -0.129. The lowest BCUT2D eigenvalue weighted by atomic mass is 9.98. The third-order valence-electron chi connectivity index (χ3n) is 4.87. The van der Waals surface area contributed by atoms with Crippen LogP contribution in [0.15, 0.2) is 53.6 Å². The Morgan fingerprint density at radius 2 is 1.93 bits per heavy atom. The first-order valence-electron chi connectivity index (χ1n) is 9.55. The van der Waals surface area contributed by atoms with E-state index in [-0.39, 0.29) is 17.3 Å². The monoisotopic (exact) mass is 450 g/mol. The van der Waals surface area contributed by atoms with Gasteiger partial charge in [-0.05, 0) is 56.2 Å². The van der Waals surface area contributed by atoms with E-state index in [2.05, 4.69) is 15.6 Å². The predicted octanol–water partition coefficient (Wildman–Crippen LogP) is 2.28. The SMILES string of the molecule is CC(NC(=O)C1CCCN(S(=O)(=O)c2ccc(Cl)cc2)C1)C(=O)Nc1ccccn1. The smallest absolute Gasteiger partial charge is 0.247 e. The summed E-state index contributed by atoms with van der Waals surface area (Å²) < 4.78 is 27.1. The van der Waals surface area contributed by atoms with E-state index in [0.717, 1.165) is 0 Å². The zero-order chi connectivity index (χ0) is 21.7. The fourth-order valence-electron chi connectivity index (χ4n) is 3.20. The molecule has 1 aliphatic rings. The van der Waals surface area contributed by atoms with Gasteiger partial charge in [0.1, 0.15) is 11.9 Å². The molecule has 2 N–H and O–H groups in total. The summed E-state index contributed by atoms with van der Waals surface area (Å²) in [4.78, 5) is 29.1. The maximum Gasteiger partial charge on any atom is 0.247 e. The van der Waals surface area contributed by atoms with Gasteiger partial charge in [0.15, 0.2) is 0 Å². The Bertz CT molecular complexity index is 999. The molecule has 10 heteroatoms. The number of nitrogens with one attached hydrogen (secondary N) is 2. The number of halogens is 1. The van der Waals surface area contributed by atoms with Gasteiger partial charge in [0, 0.05) is 24.3 Å². The van der Waals surface area contributed by atoms with E-state index in [9.17, 15) is 18.0 Å². The third-order valence-corrected chi connectivity index (χ3v) is 7.01. The minimum atomic E-state index is -3.72. The number of carbonyl (C=O) groups excluding carboxylic acids is 2. The molecule has 0 aliphatic carbocycles. The fraction of sp³-hybridized carbons (Fsp3) is 0.350. The quantitative estimate of drug-likeness (QED) is 0.701. The highest BCUT2D eigenvalue weighted by atomic mass is 35.5. The second-order valence-corrected chi connectivity index (χ2v) is 9.47. The molecule has 30 heavy (non-hydrogen) atoms. The molecule has 3 rings (SSSR count). The zero-order valence-electron chi connectivity index (χ0n) is 16.4. The molecule has 1 aromatic heterocycles. The number of pyridine rings is 1. The van der Waals surface area contributed by atoms with E-state index in [1.807, 2.05) is 0 Å². The van der Waals surface area contributed by atoms with Gasteiger partial charge >= 0.3 is 0 Å². The van der Waals surface area contributed by atoms with Gasteiger partial charge in [0.2, 0.25) is 21.8 Å². The van der Waals surface area contributed by atoms with Crippen LogP contribution in [0.4, 0.5) is 5.82 Å². The number of anilines is 1. The Morgan fingerprint density at radius 3 is 2.60 bits per heavy atom. The van der Waals surface area contributed by atoms with Crippen LogP contribution in [-0.2, 0) is 19.6 Å². The van der Waals surface area contributed by atoms with E-state index in [0.29, 0.717) is 30.2 Å². The summed E-state index contributed by atoms with van der Waals surface area (Å²) in [6, 6.07) is 10.3. The van der Waals surface area contributed by atoms with E-state index >= 15 is 0 Å². The molecule has 0 saturated carbocycles. The van der Waals surface area contributed by atoms with Crippen LogP contribution in [0, 0.1) is 5.92 Å². The van der Waals surface area contributed by atoms with Crippen LogP contribution in [-0.4, -0.2) is 48.7 Å². The molecule has 2 heterocycles. The molecule has 1 aliphatic heterocycles. The Balaban J connectivity index is 1.61. The second-order valence-electron chi connectivity index (χ2n) is 7.09. The largest absolute Gasteiger partial charge is 0.344 e. The van der Waals surface area contributed by atoms with Gasteiger partial charge in [0.25, 0.3) is 0 Å². The lowest BCUT2D eigenvalue weighted by Gasteiger charge is -2.31. The Labute approximate surface area is 180 Å². The van der Waals surface area contributed by atoms with Crippen molar-refractivity contribution in [3.05, 3.63) is 53.7 Å². The van der Waals surface area contributed by atoms with E-state index in [1.165, 1.54) is 28.6 Å².